The zero-order chi connectivity index (χ0) is 20.4. The van der Waals surface area contributed by atoms with Crippen LogP contribution in [-0.2, 0) is 20.2 Å². The highest BCUT2D eigenvalue weighted by Gasteiger charge is 2.26. The third kappa shape index (κ3) is 4.60. The molecule has 0 aromatic heterocycles. The Bertz CT molecular complexity index is 924. The molecular weight excluding hydrogens is 376 g/mol. The Kier molecular flexibility index (Phi) is 5.88. The molecule has 1 saturated heterocycles. The molecule has 0 atom stereocenters. The second-order valence-electron chi connectivity index (χ2n) is 7.82. The van der Waals surface area contributed by atoms with Crippen molar-refractivity contribution in [3.05, 3.63) is 59.7 Å². The van der Waals surface area contributed by atoms with Gasteiger partial charge in [-0.15, -0.1) is 0 Å². The van der Waals surface area contributed by atoms with Gasteiger partial charge in [0.15, 0.2) is 0 Å². The van der Waals surface area contributed by atoms with E-state index in [-0.39, 0.29) is 16.2 Å². The third-order valence-electron chi connectivity index (χ3n) is 4.73. The largest absolute Gasteiger partial charge is 0.379 e. The quantitative estimate of drug-likeness (QED) is 0.852. The second-order valence-corrected chi connectivity index (χ2v) is 9.76. The second kappa shape index (κ2) is 8.03. The minimum atomic E-state index is -3.56. The first kappa shape index (κ1) is 20.5. The van der Waals surface area contributed by atoms with E-state index in [1.807, 2.05) is 24.3 Å². The van der Waals surface area contributed by atoms with Crippen LogP contribution in [0.2, 0.25) is 0 Å². The van der Waals surface area contributed by atoms with E-state index in [0.29, 0.717) is 37.6 Å². The summed E-state index contributed by atoms with van der Waals surface area (Å²) in [4.78, 5) is 12.7. The van der Waals surface area contributed by atoms with Crippen LogP contribution in [0.3, 0.4) is 0 Å². The van der Waals surface area contributed by atoms with Gasteiger partial charge in [0, 0.05) is 24.3 Å². The number of amides is 1. The van der Waals surface area contributed by atoms with Crippen molar-refractivity contribution in [1.29, 1.82) is 0 Å². The number of rotatable bonds is 4. The third-order valence-corrected chi connectivity index (χ3v) is 6.65. The fraction of sp³-hybridized carbons (Fsp3) is 0.381. The molecule has 7 heteroatoms. The lowest BCUT2D eigenvalue weighted by Crippen LogP contribution is -2.40. The maximum Gasteiger partial charge on any atom is 0.255 e. The van der Waals surface area contributed by atoms with Gasteiger partial charge in [-0.05, 0) is 47.4 Å². The van der Waals surface area contributed by atoms with Gasteiger partial charge in [0.25, 0.3) is 5.91 Å². The zero-order valence-electron chi connectivity index (χ0n) is 16.4. The van der Waals surface area contributed by atoms with Crippen LogP contribution in [0.15, 0.2) is 53.4 Å². The Morgan fingerprint density at radius 3 is 2.07 bits per heavy atom. The van der Waals surface area contributed by atoms with E-state index in [4.69, 9.17) is 4.74 Å². The molecule has 0 aliphatic carbocycles. The Hall–Kier alpha value is -2.22. The lowest BCUT2D eigenvalue weighted by atomic mass is 9.87. The van der Waals surface area contributed by atoms with Crippen molar-refractivity contribution in [3.63, 3.8) is 0 Å². The Morgan fingerprint density at radius 2 is 1.54 bits per heavy atom. The van der Waals surface area contributed by atoms with E-state index in [0.717, 1.165) is 0 Å². The van der Waals surface area contributed by atoms with Crippen LogP contribution in [0.4, 0.5) is 5.69 Å². The summed E-state index contributed by atoms with van der Waals surface area (Å²) in [7, 11) is -3.56. The lowest BCUT2D eigenvalue weighted by molar-refractivity contribution is 0.0730. The molecule has 0 radical (unpaired) electrons. The molecule has 6 nitrogen and oxygen atoms in total. The number of carbonyl (C=O) groups is 1. The first-order chi connectivity index (χ1) is 13.2. The monoisotopic (exact) mass is 402 g/mol. The molecule has 1 aliphatic heterocycles. The van der Waals surface area contributed by atoms with E-state index in [2.05, 4.69) is 26.1 Å². The average Bonchev–Trinajstić information content (AvgIpc) is 2.68. The molecule has 0 spiro atoms. The fourth-order valence-corrected chi connectivity index (χ4v) is 4.38. The van der Waals surface area contributed by atoms with E-state index < -0.39 is 10.0 Å². The van der Waals surface area contributed by atoms with Gasteiger partial charge < -0.3 is 10.1 Å². The molecule has 1 heterocycles. The highest BCUT2D eigenvalue weighted by atomic mass is 32.2. The summed E-state index contributed by atoms with van der Waals surface area (Å²) >= 11 is 0. The normalized spacial score (nSPS) is 16.0. The van der Waals surface area contributed by atoms with Crippen molar-refractivity contribution in [2.45, 2.75) is 31.1 Å². The summed E-state index contributed by atoms with van der Waals surface area (Å²) in [5.74, 6) is -0.279. The molecule has 150 valence electrons. The standard InChI is InChI=1S/C21H26N2O4S/c1-21(2,3)17-6-8-18(9-7-17)22-20(24)16-4-10-19(11-5-16)28(25,26)23-12-14-27-15-13-23/h4-11H,12-15H2,1-3H3,(H,22,24). The summed E-state index contributed by atoms with van der Waals surface area (Å²) in [6, 6.07) is 13.7. The van der Waals surface area contributed by atoms with Gasteiger partial charge in [-0.25, -0.2) is 8.42 Å². The van der Waals surface area contributed by atoms with Crippen molar-refractivity contribution < 1.29 is 17.9 Å². The number of sulfonamides is 1. The van der Waals surface area contributed by atoms with Gasteiger partial charge >= 0.3 is 0 Å². The van der Waals surface area contributed by atoms with Crippen molar-refractivity contribution in [1.82, 2.24) is 4.31 Å². The van der Waals surface area contributed by atoms with Gasteiger partial charge in [-0.2, -0.15) is 4.31 Å². The average molecular weight is 403 g/mol. The number of nitrogens with one attached hydrogen (secondary N) is 1. The van der Waals surface area contributed by atoms with Crippen LogP contribution in [-0.4, -0.2) is 44.9 Å². The summed E-state index contributed by atoms with van der Waals surface area (Å²) < 4.78 is 31.9. The lowest BCUT2D eigenvalue weighted by Gasteiger charge is -2.26. The number of anilines is 1. The number of carbonyl (C=O) groups excluding carboxylic acids is 1. The fourth-order valence-electron chi connectivity index (χ4n) is 2.97. The summed E-state index contributed by atoms with van der Waals surface area (Å²) in [6.45, 7) is 7.87. The number of ether oxygens (including phenoxy) is 1. The minimum absolute atomic E-state index is 0.0460. The zero-order valence-corrected chi connectivity index (χ0v) is 17.3. The predicted octanol–water partition coefficient (Wildman–Crippen LogP) is 3.26. The number of benzene rings is 2. The number of hydrogen-bond acceptors (Lipinski definition) is 4. The smallest absolute Gasteiger partial charge is 0.255 e. The summed E-state index contributed by atoms with van der Waals surface area (Å²) in [5, 5.41) is 2.84. The number of morpholine rings is 1. The maximum absolute atomic E-state index is 12.6. The SMILES string of the molecule is CC(C)(C)c1ccc(NC(=O)c2ccc(S(=O)(=O)N3CCOCC3)cc2)cc1. The highest BCUT2D eigenvalue weighted by molar-refractivity contribution is 7.89. The molecule has 0 unspecified atom stereocenters. The molecule has 2 aromatic rings. The van der Waals surface area contributed by atoms with E-state index >= 15 is 0 Å². The van der Waals surface area contributed by atoms with Gasteiger partial charge in [0.1, 0.15) is 0 Å². The van der Waals surface area contributed by atoms with Gasteiger partial charge in [0.05, 0.1) is 18.1 Å². The predicted molar refractivity (Wildman–Crippen MR) is 109 cm³/mol. The molecule has 2 aromatic carbocycles. The molecule has 28 heavy (non-hydrogen) atoms. The summed E-state index contributed by atoms with van der Waals surface area (Å²) in [5.41, 5.74) is 2.33. The molecule has 1 amide bonds. The summed E-state index contributed by atoms with van der Waals surface area (Å²) in [6.07, 6.45) is 0. The minimum Gasteiger partial charge on any atom is -0.379 e. The Balaban J connectivity index is 1.70. The first-order valence-electron chi connectivity index (χ1n) is 9.28. The van der Waals surface area contributed by atoms with E-state index in [9.17, 15) is 13.2 Å². The topological polar surface area (TPSA) is 75.7 Å². The molecule has 3 rings (SSSR count). The maximum atomic E-state index is 12.6. The molecule has 1 N–H and O–H groups in total. The van der Waals surface area contributed by atoms with Gasteiger partial charge in [-0.1, -0.05) is 32.9 Å². The van der Waals surface area contributed by atoms with E-state index in [1.54, 1.807) is 0 Å². The van der Waals surface area contributed by atoms with Crippen LogP contribution in [0.25, 0.3) is 0 Å². The molecule has 0 saturated carbocycles. The number of nitrogens with zero attached hydrogens (tertiary/aromatic N) is 1. The Morgan fingerprint density at radius 1 is 0.964 bits per heavy atom. The van der Waals surface area contributed by atoms with E-state index in [1.165, 1.54) is 34.1 Å². The molecular formula is C21H26N2O4S. The Labute approximate surface area is 166 Å². The van der Waals surface area contributed by atoms with Crippen molar-refractivity contribution >= 4 is 21.6 Å². The first-order valence-corrected chi connectivity index (χ1v) is 10.7. The van der Waals surface area contributed by atoms with Gasteiger partial charge in [-0.3, -0.25) is 4.79 Å². The molecule has 1 aliphatic rings. The van der Waals surface area contributed by atoms with Gasteiger partial charge in [0.2, 0.25) is 10.0 Å². The van der Waals surface area contributed by atoms with Crippen LogP contribution in [0, 0.1) is 0 Å². The van der Waals surface area contributed by atoms with Crippen LogP contribution >= 0.6 is 0 Å². The highest BCUT2D eigenvalue weighted by Crippen LogP contribution is 2.24. The molecule has 1 fully saturated rings. The van der Waals surface area contributed by atoms with Crippen LogP contribution in [0.1, 0.15) is 36.7 Å². The van der Waals surface area contributed by atoms with Crippen LogP contribution in [0.5, 0.6) is 0 Å². The molecule has 0 bridgehead atoms. The number of hydrogen-bond donors (Lipinski definition) is 1. The van der Waals surface area contributed by atoms with Crippen LogP contribution < -0.4 is 5.32 Å². The van der Waals surface area contributed by atoms with Crippen molar-refractivity contribution in [2.24, 2.45) is 0 Å². The van der Waals surface area contributed by atoms with Crippen molar-refractivity contribution in [3.8, 4) is 0 Å². The van der Waals surface area contributed by atoms with Crippen molar-refractivity contribution in [2.75, 3.05) is 31.6 Å².